The van der Waals surface area contributed by atoms with Crippen LogP contribution in [0.3, 0.4) is 0 Å². The Balaban J connectivity index is 2.02. The quantitative estimate of drug-likeness (QED) is 0.936. The van der Waals surface area contributed by atoms with Gasteiger partial charge in [-0.25, -0.2) is 0 Å². The molecule has 1 heterocycles. The SMILES string of the molecule is Cc1c(NCc2ccc(Br)cc2)cnn1C. The van der Waals surface area contributed by atoms with Crippen LogP contribution in [0.1, 0.15) is 11.3 Å². The summed E-state index contributed by atoms with van der Waals surface area (Å²) in [6, 6.07) is 8.30. The topological polar surface area (TPSA) is 29.9 Å². The summed E-state index contributed by atoms with van der Waals surface area (Å²) in [4.78, 5) is 0. The van der Waals surface area contributed by atoms with Crippen molar-refractivity contribution < 1.29 is 0 Å². The Morgan fingerprint density at radius 3 is 2.56 bits per heavy atom. The maximum absolute atomic E-state index is 4.19. The monoisotopic (exact) mass is 279 g/mol. The first kappa shape index (κ1) is 11.2. The van der Waals surface area contributed by atoms with E-state index in [9.17, 15) is 0 Å². The highest BCUT2D eigenvalue weighted by Gasteiger charge is 2.02. The zero-order valence-electron chi connectivity index (χ0n) is 9.37. The van der Waals surface area contributed by atoms with Crippen LogP contribution in [-0.4, -0.2) is 9.78 Å². The molecule has 84 valence electrons. The minimum absolute atomic E-state index is 0.819. The summed E-state index contributed by atoms with van der Waals surface area (Å²) in [7, 11) is 1.94. The van der Waals surface area contributed by atoms with Crippen LogP contribution in [0.25, 0.3) is 0 Å². The molecule has 0 atom stereocenters. The summed E-state index contributed by atoms with van der Waals surface area (Å²) in [5.41, 5.74) is 3.49. The maximum atomic E-state index is 4.19. The highest BCUT2D eigenvalue weighted by atomic mass is 79.9. The lowest BCUT2D eigenvalue weighted by atomic mass is 10.2. The van der Waals surface area contributed by atoms with Gasteiger partial charge >= 0.3 is 0 Å². The molecule has 0 aliphatic carbocycles. The van der Waals surface area contributed by atoms with Crippen molar-refractivity contribution in [2.75, 3.05) is 5.32 Å². The molecule has 0 fully saturated rings. The molecule has 1 N–H and O–H groups in total. The molecule has 16 heavy (non-hydrogen) atoms. The molecular formula is C12H14BrN3. The third-order valence-electron chi connectivity index (χ3n) is 2.63. The maximum Gasteiger partial charge on any atom is 0.0758 e. The number of hydrogen-bond acceptors (Lipinski definition) is 2. The molecule has 1 aromatic heterocycles. The van der Waals surface area contributed by atoms with E-state index in [4.69, 9.17) is 0 Å². The fourth-order valence-electron chi connectivity index (χ4n) is 1.47. The van der Waals surface area contributed by atoms with Crippen molar-refractivity contribution in [1.82, 2.24) is 9.78 Å². The summed E-state index contributed by atoms with van der Waals surface area (Å²) in [5.74, 6) is 0. The number of nitrogens with zero attached hydrogens (tertiary/aromatic N) is 2. The van der Waals surface area contributed by atoms with Crippen molar-refractivity contribution >= 4 is 21.6 Å². The number of aromatic nitrogens is 2. The van der Waals surface area contributed by atoms with E-state index in [-0.39, 0.29) is 0 Å². The van der Waals surface area contributed by atoms with E-state index in [0.29, 0.717) is 0 Å². The summed E-state index contributed by atoms with van der Waals surface area (Å²) >= 11 is 3.42. The second kappa shape index (κ2) is 4.70. The lowest BCUT2D eigenvalue weighted by Crippen LogP contribution is -2.00. The van der Waals surface area contributed by atoms with Gasteiger partial charge in [-0.3, -0.25) is 4.68 Å². The van der Waals surface area contributed by atoms with Gasteiger partial charge in [0.05, 0.1) is 17.6 Å². The molecule has 0 radical (unpaired) electrons. The minimum Gasteiger partial charge on any atom is -0.378 e. The molecule has 0 spiro atoms. The van der Waals surface area contributed by atoms with Crippen molar-refractivity contribution in [3.8, 4) is 0 Å². The molecule has 4 heteroatoms. The molecule has 0 saturated carbocycles. The highest BCUT2D eigenvalue weighted by Crippen LogP contribution is 2.15. The van der Waals surface area contributed by atoms with Crippen molar-refractivity contribution in [1.29, 1.82) is 0 Å². The first-order valence-corrected chi connectivity index (χ1v) is 5.93. The van der Waals surface area contributed by atoms with E-state index < -0.39 is 0 Å². The van der Waals surface area contributed by atoms with Crippen LogP contribution in [0.15, 0.2) is 34.9 Å². The van der Waals surface area contributed by atoms with Crippen LogP contribution < -0.4 is 5.32 Å². The smallest absolute Gasteiger partial charge is 0.0758 e. The molecule has 0 bridgehead atoms. The number of aryl methyl sites for hydroxylation is 1. The van der Waals surface area contributed by atoms with Crippen LogP contribution in [-0.2, 0) is 13.6 Å². The van der Waals surface area contributed by atoms with E-state index in [2.05, 4.69) is 45.4 Å². The largest absolute Gasteiger partial charge is 0.378 e. The van der Waals surface area contributed by atoms with E-state index in [1.165, 1.54) is 5.56 Å². The van der Waals surface area contributed by atoms with Gasteiger partial charge in [0, 0.05) is 18.1 Å². The molecule has 0 amide bonds. The Morgan fingerprint density at radius 1 is 1.31 bits per heavy atom. The second-order valence-electron chi connectivity index (χ2n) is 3.75. The van der Waals surface area contributed by atoms with Crippen molar-refractivity contribution in [2.45, 2.75) is 13.5 Å². The van der Waals surface area contributed by atoms with Gasteiger partial charge in [0.2, 0.25) is 0 Å². The van der Waals surface area contributed by atoms with Gasteiger partial charge in [0.25, 0.3) is 0 Å². The van der Waals surface area contributed by atoms with Gasteiger partial charge in [-0.05, 0) is 24.6 Å². The van der Waals surface area contributed by atoms with Crippen molar-refractivity contribution in [2.24, 2.45) is 7.05 Å². The number of nitrogens with one attached hydrogen (secondary N) is 1. The Labute approximate surface area is 104 Å². The second-order valence-corrected chi connectivity index (χ2v) is 4.66. The van der Waals surface area contributed by atoms with Crippen LogP contribution >= 0.6 is 15.9 Å². The van der Waals surface area contributed by atoms with Gasteiger partial charge in [-0.2, -0.15) is 5.10 Å². The minimum atomic E-state index is 0.819. The molecule has 3 nitrogen and oxygen atoms in total. The number of anilines is 1. The van der Waals surface area contributed by atoms with Gasteiger partial charge in [-0.1, -0.05) is 28.1 Å². The Bertz CT molecular complexity index is 474. The van der Waals surface area contributed by atoms with Crippen LogP contribution in [0.2, 0.25) is 0 Å². The first-order chi connectivity index (χ1) is 7.66. The average molecular weight is 280 g/mol. The molecule has 1 aromatic carbocycles. The summed E-state index contributed by atoms with van der Waals surface area (Å²) in [6.07, 6.45) is 1.86. The Morgan fingerprint density at radius 2 is 2.00 bits per heavy atom. The van der Waals surface area contributed by atoms with E-state index in [0.717, 1.165) is 22.4 Å². The fourth-order valence-corrected chi connectivity index (χ4v) is 1.74. The zero-order chi connectivity index (χ0) is 11.5. The number of hydrogen-bond donors (Lipinski definition) is 1. The van der Waals surface area contributed by atoms with Gasteiger partial charge in [0.1, 0.15) is 0 Å². The average Bonchev–Trinajstić information content (AvgIpc) is 2.60. The van der Waals surface area contributed by atoms with E-state index in [1.807, 2.05) is 30.1 Å². The standard InChI is InChI=1S/C12H14BrN3/c1-9-12(8-15-16(9)2)14-7-10-3-5-11(13)6-4-10/h3-6,8,14H,7H2,1-2H3. The van der Waals surface area contributed by atoms with Crippen LogP contribution in [0.5, 0.6) is 0 Å². The third-order valence-corrected chi connectivity index (χ3v) is 3.16. The molecular weight excluding hydrogens is 266 g/mol. The zero-order valence-corrected chi connectivity index (χ0v) is 11.0. The molecule has 0 aliphatic heterocycles. The highest BCUT2D eigenvalue weighted by molar-refractivity contribution is 9.10. The lowest BCUT2D eigenvalue weighted by molar-refractivity contribution is 0.740. The summed E-state index contributed by atoms with van der Waals surface area (Å²) < 4.78 is 2.97. The van der Waals surface area contributed by atoms with Crippen LogP contribution in [0, 0.1) is 6.92 Å². The van der Waals surface area contributed by atoms with Gasteiger partial charge in [0.15, 0.2) is 0 Å². The Kier molecular flexibility index (Phi) is 3.29. The number of benzene rings is 1. The van der Waals surface area contributed by atoms with E-state index in [1.54, 1.807) is 0 Å². The normalized spacial score (nSPS) is 10.4. The predicted molar refractivity (Wildman–Crippen MR) is 69.4 cm³/mol. The molecule has 0 unspecified atom stereocenters. The number of rotatable bonds is 3. The van der Waals surface area contributed by atoms with Gasteiger partial charge < -0.3 is 5.32 Å². The molecule has 2 aromatic rings. The fraction of sp³-hybridized carbons (Fsp3) is 0.250. The van der Waals surface area contributed by atoms with E-state index >= 15 is 0 Å². The van der Waals surface area contributed by atoms with Crippen molar-refractivity contribution in [3.05, 3.63) is 46.2 Å². The van der Waals surface area contributed by atoms with Crippen molar-refractivity contribution in [3.63, 3.8) is 0 Å². The third kappa shape index (κ3) is 2.44. The molecule has 0 aliphatic rings. The Hall–Kier alpha value is -1.29. The lowest BCUT2D eigenvalue weighted by Gasteiger charge is -2.05. The first-order valence-electron chi connectivity index (χ1n) is 5.14. The van der Waals surface area contributed by atoms with Crippen LogP contribution in [0.4, 0.5) is 5.69 Å². The summed E-state index contributed by atoms with van der Waals surface area (Å²) in [5, 5.41) is 7.56. The predicted octanol–water partition coefficient (Wildman–Crippen LogP) is 3.10. The number of halogens is 1. The summed E-state index contributed by atoms with van der Waals surface area (Å²) in [6.45, 7) is 2.87. The van der Waals surface area contributed by atoms with Gasteiger partial charge in [-0.15, -0.1) is 0 Å². The molecule has 0 saturated heterocycles. The molecule has 2 rings (SSSR count).